The van der Waals surface area contributed by atoms with Crippen molar-refractivity contribution in [3.63, 3.8) is 0 Å². The maximum Gasteiger partial charge on any atom is 0.311 e. The molecule has 0 aliphatic rings. The van der Waals surface area contributed by atoms with Gasteiger partial charge in [-0.25, -0.2) is 0 Å². The van der Waals surface area contributed by atoms with Crippen molar-refractivity contribution < 1.29 is 9.53 Å². The zero-order valence-electron chi connectivity index (χ0n) is 14.2. The van der Waals surface area contributed by atoms with E-state index in [-0.39, 0.29) is 10.7 Å². The molecule has 0 aliphatic carbocycles. The lowest BCUT2D eigenvalue weighted by atomic mass is 9.88. The van der Waals surface area contributed by atoms with Crippen LogP contribution in [0.25, 0.3) is 10.9 Å². The molecule has 2 rings (SSSR count). The van der Waals surface area contributed by atoms with Crippen molar-refractivity contribution in [3.05, 3.63) is 30.0 Å². The second-order valence-electron chi connectivity index (χ2n) is 7.24. The van der Waals surface area contributed by atoms with Crippen LogP contribution in [0.5, 0.6) is 0 Å². The highest BCUT2D eigenvalue weighted by molar-refractivity contribution is 8.00. The van der Waals surface area contributed by atoms with Crippen molar-refractivity contribution in [1.82, 2.24) is 4.98 Å². The molecular weight excluding hydrogens is 294 g/mol. The van der Waals surface area contributed by atoms with Gasteiger partial charge in [0.05, 0.1) is 12.5 Å². The number of nitrogens with one attached hydrogen (secondary N) is 1. The van der Waals surface area contributed by atoms with Gasteiger partial charge < -0.3 is 9.72 Å². The summed E-state index contributed by atoms with van der Waals surface area (Å²) in [5, 5.41) is 1.22. The van der Waals surface area contributed by atoms with Crippen LogP contribution in [0.1, 0.15) is 40.3 Å². The third-order valence-corrected chi connectivity index (χ3v) is 4.78. The van der Waals surface area contributed by atoms with E-state index in [4.69, 9.17) is 4.74 Å². The number of H-pyrrole nitrogens is 1. The highest BCUT2D eigenvalue weighted by atomic mass is 32.2. The number of aromatic amines is 1. The van der Waals surface area contributed by atoms with Gasteiger partial charge in [-0.2, -0.15) is 0 Å². The minimum absolute atomic E-state index is 0.106. The van der Waals surface area contributed by atoms with Crippen LogP contribution in [0.15, 0.2) is 29.2 Å². The molecule has 0 amide bonds. The van der Waals surface area contributed by atoms with E-state index in [9.17, 15) is 4.79 Å². The normalized spacial score (nSPS) is 12.6. The molecule has 4 heteroatoms. The van der Waals surface area contributed by atoms with E-state index in [0.29, 0.717) is 6.42 Å². The largest absolute Gasteiger partial charge is 0.469 e. The molecule has 0 aliphatic heterocycles. The first-order chi connectivity index (χ1) is 10.1. The Hall–Kier alpha value is -1.42. The minimum atomic E-state index is -0.553. The Morgan fingerprint density at radius 2 is 1.82 bits per heavy atom. The molecule has 3 nitrogen and oxygen atoms in total. The first-order valence-electron chi connectivity index (χ1n) is 7.51. The average molecular weight is 319 g/mol. The van der Waals surface area contributed by atoms with Crippen LogP contribution in [-0.2, 0) is 16.0 Å². The van der Waals surface area contributed by atoms with E-state index in [1.165, 1.54) is 17.4 Å². The number of ether oxygens (including phenoxy) is 1. The zero-order valence-corrected chi connectivity index (χ0v) is 15.1. The molecule has 1 aromatic heterocycles. The number of hydrogen-bond donors (Lipinski definition) is 1. The lowest BCUT2D eigenvalue weighted by Crippen LogP contribution is -2.28. The van der Waals surface area contributed by atoms with Gasteiger partial charge in [0.25, 0.3) is 0 Å². The number of rotatable bonds is 4. The predicted molar refractivity (Wildman–Crippen MR) is 93.4 cm³/mol. The number of carbonyl (C=O) groups excluding carboxylic acids is 1. The van der Waals surface area contributed by atoms with Crippen LogP contribution in [-0.4, -0.2) is 22.8 Å². The Bertz CT molecular complexity index is 680. The monoisotopic (exact) mass is 319 g/mol. The van der Waals surface area contributed by atoms with Gasteiger partial charge in [-0.3, -0.25) is 4.79 Å². The van der Waals surface area contributed by atoms with Gasteiger partial charge in [0.2, 0.25) is 0 Å². The molecule has 1 N–H and O–H groups in total. The molecule has 0 fully saturated rings. The molecule has 120 valence electrons. The molecule has 0 unspecified atom stereocenters. The van der Waals surface area contributed by atoms with E-state index >= 15 is 0 Å². The van der Waals surface area contributed by atoms with Gasteiger partial charge in [-0.15, -0.1) is 11.8 Å². The number of fused-ring (bicyclic) bond motifs is 1. The Balaban J connectivity index is 2.48. The third-order valence-electron chi connectivity index (χ3n) is 3.50. The van der Waals surface area contributed by atoms with Crippen molar-refractivity contribution in [3.8, 4) is 0 Å². The summed E-state index contributed by atoms with van der Waals surface area (Å²) >= 11 is 1.84. The topological polar surface area (TPSA) is 42.1 Å². The SMILES string of the molecule is COC(=O)C(C)(C)Cc1[nH]c2ccccc2c1SC(C)(C)C. The van der Waals surface area contributed by atoms with Crippen molar-refractivity contribution in [2.45, 2.75) is 50.7 Å². The summed E-state index contributed by atoms with van der Waals surface area (Å²) in [6, 6.07) is 8.29. The first kappa shape index (κ1) is 16.9. The van der Waals surface area contributed by atoms with Gasteiger partial charge >= 0.3 is 5.97 Å². The first-order valence-corrected chi connectivity index (χ1v) is 8.33. The molecule has 2 aromatic rings. The van der Waals surface area contributed by atoms with Crippen LogP contribution >= 0.6 is 11.8 Å². The molecule has 0 saturated carbocycles. The number of methoxy groups -OCH3 is 1. The molecular formula is C18H25NO2S. The number of esters is 1. The average Bonchev–Trinajstić information content (AvgIpc) is 2.73. The van der Waals surface area contributed by atoms with Gasteiger partial charge in [0.15, 0.2) is 0 Å². The Morgan fingerprint density at radius 3 is 2.41 bits per heavy atom. The van der Waals surface area contributed by atoms with Gasteiger partial charge in [-0.1, -0.05) is 39.0 Å². The minimum Gasteiger partial charge on any atom is -0.469 e. The quantitative estimate of drug-likeness (QED) is 0.650. The van der Waals surface area contributed by atoms with Crippen LogP contribution in [0.4, 0.5) is 0 Å². The van der Waals surface area contributed by atoms with E-state index in [0.717, 1.165) is 11.2 Å². The van der Waals surface area contributed by atoms with Crippen molar-refractivity contribution in [2.24, 2.45) is 5.41 Å². The second kappa shape index (κ2) is 5.99. The van der Waals surface area contributed by atoms with Crippen LogP contribution in [0.2, 0.25) is 0 Å². The summed E-state index contributed by atoms with van der Waals surface area (Å²) in [5.74, 6) is -0.183. The number of carbonyl (C=O) groups is 1. The second-order valence-corrected chi connectivity index (χ2v) is 9.08. The maximum absolute atomic E-state index is 12.0. The number of aromatic nitrogens is 1. The summed E-state index contributed by atoms with van der Waals surface area (Å²) < 4.78 is 5.05. The number of benzene rings is 1. The molecule has 1 heterocycles. The highest BCUT2D eigenvalue weighted by Gasteiger charge is 2.31. The zero-order chi connectivity index (χ0) is 16.5. The fraction of sp³-hybridized carbons (Fsp3) is 0.500. The molecule has 0 bridgehead atoms. The van der Waals surface area contributed by atoms with Crippen LogP contribution < -0.4 is 0 Å². The Labute approximate surface area is 136 Å². The highest BCUT2D eigenvalue weighted by Crippen LogP contribution is 2.41. The van der Waals surface area contributed by atoms with Gasteiger partial charge in [0, 0.05) is 32.7 Å². The van der Waals surface area contributed by atoms with E-state index in [2.05, 4.69) is 44.0 Å². The lowest BCUT2D eigenvalue weighted by molar-refractivity contribution is -0.150. The Morgan fingerprint density at radius 1 is 1.18 bits per heavy atom. The number of thioether (sulfide) groups is 1. The molecule has 0 saturated heterocycles. The van der Waals surface area contributed by atoms with E-state index in [1.54, 1.807) is 0 Å². The molecule has 22 heavy (non-hydrogen) atoms. The summed E-state index contributed by atoms with van der Waals surface area (Å²) in [7, 11) is 1.44. The van der Waals surface area contributed by atoms with Crippen LogP contribution in [0.3, 0.4) is 0 Å². The summed E-state index contributed by atoms with van der Waals surface area (Å²) in [5.41, 5.74) is 1.67. The van der Waals surface area contributed by atoms with E-state index < -0.39 is 5.41 Å². The van der Waals surface area contributed by atoms with Crippen LogP contribution in [0, 0.1) is 5.41 Å². The fourth-order valence-electron chi connectivity index (χ4n) is 2.51. The lowest BCUT2D eigenvalue weighted by Gasteiger charge is -2.23. The molecule has 0 atom stereocenters. The summed E-state index contributed by atoms with van der Waals surface area (Å²) in [6.07, 6.45) is 0.632. The molecule has 1 aromatic carbocycles. The predicted octanol–water partition coefficient (Wildman–Crippen LogP) is 4.80. The Kier molecular flexibility index (Phi) is 4.62. The number of para-hydroxylation sites is 1. The van der Waals surface area contributed by atoms with Gasteiger partial charge in [-0.05, 0) is 19.9 Å². The molecule has 0 spiro atoms. The summed E-state index contributed by atoms with van der Waals surface area (Å²) in [6.45, 7) is 10.5. The maximum atomic E-state index is 12.0. The van der Waals surface area contributed by atoms with Crippen molar-refractivity contribution in [2.75, 3.05) is 7.11 Å². The molecule has 0 radical (unpaired) electrons. The standard InChI is InChI=1S/C18H25NO2S/c1-17(2,3)22-15-12-9-7-8-10-13(12)19-14(15)11-18(4,5)16(20)21-6/h7-10,19H,11H2,1-6H3. The summed E-state index contributed by atoms with van der Waals surface area (Å²) in [4.78, 5) is 16.7. The smallest absolute Gasteiger partial charge is 0.311 e. The fourth-order valence-corrected chi connectivity index (χ4v) is 3.66. The van der Waals surface area contributed by atoms with Crippen molar-refractivity contribution in [1.29, 1.82) is 0 Å². The van der Waals surface area contributed by atoms with Crippen molar-refractivity contribution >= 4 is 28.6 Å². The van der Waals surface area contributed by atoms with E-state index in [1.807, 2.05) is 31.7 Å². The number of hydrogen-bond acceptors (Lipinski definition) is 3. The van der Waals surface area contributed by atoms with Gasteiger partial charge in [0.1, 0.15) is 0 Å². The third kappa shape index (κ3) is 3.67.